The molecule has 0 aliphatic rings. The maximum Gasteiger partial charge on any atom is 0.261 e. The summed E-state index contributed by atoms with van der Waals surface area (Å²) in [7, 11) is 0. The van der Waals surface area contributed by atoms with Crippen LogP contribution in [0.25, 0.3) is 0 Å². The molecular formula is C10H10F3NO2. The second kappa shape index (κ2) is 6.22. The maximum absolute atomic E-state index is 12.7. The van der Waals surface area contributed by atoms with Gasteiger partial charge in [-0.3, -0.25) is 9.78 Å². The van der Waals surface area contributed by atoms with Crippen molar-refractivity contribution in [1.29, 1.82) is 0 Å². The van der Waals surface area contributed by atoms with Crippen LogP contribution >= 0.6 is 0 Å². The Morgan fingerprint density at radius 2 is 2.19 bits per heavy atom. The third-order valence-corrected chi connectivity index (χ3v) is 1.74. The summed E-state index contributed by atoms with van der Waals surface area (Å²) in [5.74, 6) is -0.999. The Kier molecular flexibility index (Phi) is 4.91. The number of carbonyl (C=O) groups is 1. The second-order valence-electron chi connectivity index (χ2n) is 3.03. The summed E-state index contributed by atoms with van der Waals surface area (Å²) in [6, 6.07) is 1.04. The number of carbonyl (C=O) groups excluding carboxylic acids is 1. The zero-order valence-corrected chi connectivity index (χ0v) is 8.33. The van der Waals surface area contributed by atoms with Gasteiger partial charge in [-0.1, -0.05) is 0 Å². The van der Waals surface area contributed by atoms with Gasteiger partial charge >= 0.3 is 0 Å². The SMILES string of the molecule is O=C(CCOCC(F)F)c1cncc(F)c1. The van der Waals surface area contributed by atoms with Crippen LogP contribution in [0.15, 0.2) is 18.5 Å². The Balaban J connectivity index is 2.35. The molecule has 0 bridgehead atoms. The second-order valence-corrected chi connectivity index (χ2v) is 3.03. The van der Waals surface area contributed by atoms with E-state index in [1.54, 1.807) is 0 Å². The molecular weight excluding hydrogens is 223 g/mol. The van der Waals surface area contributed by atoms with Crippen LogP contribution in [0.2, 0.25) is 0 Å². The highest BCUT2D eigenvalue weighted by Crippen LogP contribution is 2.04. The first kappa shape index (κ1) is 12.6. The molecule has 16 heavy (non-hydrogen) atoms. The number of pyridine rings is 1. The van der Waals surface area contributed by atoms with Gasteiger partial charge in [0.05, 0.1) is 12.8 Å². The first-order chi connectivity index (χ1) is 7.59. The van der Waals surface area contributed by atoms with Crippen molar-refractivity contribution in [3.63, 3.8) is 0 Å². The van der Waals surface area contributed by atoms with Crippen LogP contribution in [0, 0.1) is 5.82 Å². The molecule has 3 nitrogen and oxygen atoms in total. The van der Waals surface area contributed by atoms with Gasteiger partial charge in [-0.15, -0.1) is 0 Å². The van der Waals surface area contributed by atoms with E-state index in [9.17, 15) is 18.0 Å². The van der Waals surface area contributed by atoms with Crippen molar-refractivity contribution in [2.45, 2.75) is 12.8 Å². The maximum atomic E-state index is 12.7. The van der Waals surface area contributed by atoms with Gasteiger partial charge in [0.1, 0.15) is 12.4 Å². The minimum Gasteiger partial charge on any atom is -0.375 e. The van der Waals surface area contributed by atoms with E-state index in [2.05, 4.69) is 9.72 Å². The molecule has 1 aromatic rings. The first-order valence-corrected chi connectivity index (χ1v) is 4.59. The topological polar surface area (TPSA) is 39.2 Å². The number of halogens is 3. The predicted molar refractivity (Wildman–Crippen MR) is 50.0 cm³/mol. The quantitative estimate of drug-likeness (QED) is 0.557. The molecule has 0 saturated carbocycles. The van der Waals surface area contributed by atoms with E-state index in [1.807, 2.05) is 0 Å². The smallest absolute Gasteiger partial charge is 0.261 e. The van der Waals surface area contributed by atoms with Crippen molar-refractivity contribution in [3.05, 3.63) is 29.8 Å². The Morgan fingerprint density at radius 1 is 1.44 bits per heavy atom. The molecule has 0 aliphatic carbocycles. The Labute approximate surface area is 90.2 Å². The fraction of sp³-hybridized carbons (Fsp3) is 0.400. The van der Waals surface area contributed by atoms with Gasteiger partial charge in [-0.25, -0.2) is 13.2 Å². The largest absolute Gasteiger partial charge is 0.375 e. The molecule has 0 aromatic carbocycles. The van der Waals surface area contributed by atoms with Crippen LogP contribution in [-0.2, 0) is 4.74 Å². The standard InChI is InChI=1S/C10H10F3NO2/c11-8-3-7(4-14-5-8)9(15)1-2-16-6-10(12)13/h3-5,10H,1-2,6H2. The molecule has 6 heteroatoms. The van der Waals surface area contributed by atoms with Gasteiger partial charge in [0.2, 0.25) is 0 Å². The van der Waals surface area contributed by atoms with E-state index in [0.717, 1.165) is 12.3 Å². The molecule has 0 unspecified atom stereocenters. The van der Waals surface area contributed by atoms with E-state index < -0.39 is 18.8 Å². The number of aromatic nitrogens is 1. The minimum absolute atomic E-state index is 0.0716. The molecule has 0 atom stereocenters. The van der Waals surface area contributed by atoms with Gasteiger partial charge in [0, 0.05) is 18.2 Å². The summed E-state index contributed by atoms with van der Waals surface area (Å²) >= 11 is 0. The van der Waals surface area contributed by atoms with Crippen molar-refractivity contribution in [3.8, 4) is 0 Å². The summed E-state index contributed by atoms with van der Waals surface area (Å²) in [4.78, 5) is 14.9. The average Bonchev–Trinajstić information content (AvgIpc) is 2.24. The van der Waals surface area contributed by atoms with Crippen molar-refractivity contribution in [2.75, 3.05) is 13.2 Å². The molecule has 0 fully saturated rings. The minimum atomic E-state index is -2.55. The number of Topliss-reactive ketones (excluding diaryl/α,β-unsaturated/α-hetero) is 1. The lowest BCUT2D eigenvalue weighted by atomic mass is 10.1. The zero-order valence-electron chi connectivity index (χ0n) is 8.33. The van der Waals surface area contributed by atoms with Crippen LogP contribution in [0.5, 0.6) is 0 Å². The number of hydrogen-bond donors (Lipinski definition) is 0. The van der Waals surface area contributed by atoms with Crippen molar-refractivity contribution in [2.24, 2.45) is 0 Å². The van der Waals surface area contributed by atoms with Gasteiger partial charge in [-0.05, 0) is 6.07 Å². The molecule has 0 aliphatic heterocycles. The van der Waals surface area contributed by atoms with E-state index >= 15 is 0 Å². The molecule has 0 saturated heterocycles. The van der Waals surface area contributed by atoms with Gasteiger partial charge in [-0.2, -0.15) is 0 Å². The van der Waals surface area contributed by atoms with Crippen LogP contribution in [0.1, 0.15) is 16.8 Å². The fourth-order valence-electron chi connectivity index (χ4n) is 1.05. The normalized spacial score (nSPS) is 10.8. The molecule has 1 heterocycles. The number of alkyl halides is 2. The summed E-state index contributed by atoms with van der Waals surface area (Å²) in [5, 5.41) is 0. The highest BCUT2D eigenvalue weighted by atomic mass is 19.3. The highest BCUT2D eigenvalue weighted by molar-refractivity contribution is 5.95. The van der Waals surface area contributed by atoms with Crippen LogP contribution < -0.4 is 0 Å². The third kappa shape index (κ3) is 4.39. The summed E-state index contributed by atoms with van der Waals surface area (Å²) in [6.45, 7) is -0.811. The fourth-order valence-corrected chi connectivity index (χ4v) is 1.05. The molecule has 88 valence electrons. The molecule has 1 rings (SSSR count). The predicted octanol–water partition coefficient (Wildman–Crippen LogP) is 2.08. The molecule has 0 radical (unpaired) electrons. The molecule has 0 N–H and O–H groups in total. The lowest BCUT2D eigenvalue weighted by Gasteiger charge is -2.02. The Morgan fingerprint density at radius 3 is 2.81 bits per heavy atom. The summed E-state index contributed by atoms with van der Waals surface area (Å²) in [5.41, 5.74) is 0.112. The van der Waals surface area contributed by atoms with Crippen LogP contribution in [-0.4, -0.2) is 30.4 Å². The molecule has 1 aromatic heterocycles. The lowest BCUT2D eigenvalue weighted by molar-refractivity contribution is 0.0169. The first-order valence-electron chi connectivity index (χ1n) is 4.59. The van der Waals surface area contributed by atoms with Gasteiger partial charge in [0.15, 0.2) is 5.78 Å². The van der Waals surface area contributed by atoms with Crippen molar-refractivity contribution >= 4 is 5.78 Å². The number of ether oxygens (including phenoxy) is 1. The molecule has 0 amide bonds. The monoisotopic (exact) mass is 233 g/mol. The number of rotatable bonds is 6. The number of ketones is 1. The summed E-state index contributed by atoms with van der Waals surface area (Å²) in [6.07, 6.45) is -0.425. The van der Waals surface area contributed by atoms with E-state index in [4.69, 9.17) is 0 Å². The van der Waals surface area contributed by atoms with Crippen molar-refractivity contribution in [1.82, 2.24) is 4.98 Å². The van der Waals surface area contributed by atoms with Gasteiger partial charge in [0.25, 0.3) is 6.43 Å². The molecule has 0 spiro atoms. The number of nitrogens with zero attached hydrogens (tertiary/aromatic N) is 1. The zero-order chi connectivity index (χ0) is 12.0. The van der Waals surface area contributed by atoms with Gasteiger partial charge < -0.3 is 4.74 Å². The van der Waals surface area contributed by atoms with Crippen LogP contribution in [0.3, 0.4) is 0 Å². The Bertz CT molecular complexity index is 358. The third-order valence-electron chi connectivity index (χ3n) is 1.74. The van der Waals surface area contributed by atoms with E-state index in [1.165, 1.54) is 6.20 Å². The van der Waals surface area contributed by atoms with Crippen molar-refractivity contribution < 1.29 is 22.7 Å². The summed E-state index contributed by atoms with van der Waals surface area (Å²) < 4.78 is 40.5. The Hall–Kier alpha value is -1.43. The highest BCUT2D eigenvalue weighted by Gasteiger charge is 2.08. The van der Waals surface area contributed by atoms with E-state index in [-0.39, 0.29) is 24.4 Å². The van der Waals surface area contributed by atoms with E-state index in [0.29, 0.717) is 0 Å². The lowest BCUT2D eigenvalue weighted by Crippen LogP contribution is -2.09. The average molecular weight is 233 g/mol. The number of hydrogen-bond acceptors (Lipinski definition) is 3. The van der Waals surface area contributed by atoms with Crippen LogP contribution in [0.4, 0.5) is 13.2 Å².